The highest BCUT2D eigenvalue weighted by molar-refractivity contribution is 5.72. The van der Waals surface area contributed by atoms with Crippen LogP contribution in [0.4, 0.5) is 0 Å². The van der Waals surface area contributed by atoms with Crippen molar-refractivity contribution in [1.29, 1.82) is 0 Å². The predicted molar refractivity (Wildman–Crippen MR) is 69.6 cm³/mol. The lowest BCUT2D eigenvalue weighted by atomic mass is 9.83. The Morgan fingerprint density at radius 3 is 2.67 bits per heavy atom. The van der Waals surface area contributed by atoms with Crippen LogP contribution < -0.4 is 0 Å². The summed E-state index contributed by atoms with van der Waals surface area (Å²) in [4.78, 5) is 13.3. The highest BCUT2D eigenvalue weighted by Crippen LogP contribution is 2.31. The Hall–Kier alpha value is -0.610. The molecule has 0 aromatic carbocycles. The fraction of sp³-hybridized carbons (Fsp3) is 0.929. The van der Waals surface area contributed by atoms with Crippen LogP contribution >= 0.6 is 0 Å². The topological polar surface area (TPSA) is 49.8 Å². The number of aliphatic carboxylic acids is 1. The van der Waals surface area contributed by atoms with Gasteiger partial charge in [0.1, 0.15) is 0 Å². The van der Waals surface area contributed by atoms with Gasteiger partial charge in [-0.2, -0.15) is 0 Å². The van der Waals surface area contributed by atoms with Gasteiger partial charge in [0.15, 0.2) is 6.10 Å². The van der Waals surface area contributed by atoms with E-state index in [-0.39, 0.29) is 0 Å². The van der Waals surface area contributed by atoms with E-state index >= 15 is 0 Å². The lowest BCUT2D eigenvalue weighted by Gasteiger charge is -2.40. The van der Waals surface area contributed by atoms with E-state index in [9.17, 15) is 4.79 Å². The van der Waals surface area contributed by atoms with Crippen molar-refractivity contribution in [1.82, 2.24) is 4.90 Å². The summed E-state index contributed by atoms with van der Waals surface area (Å²) in [7, 11) is 0. The van der Waals surface area contributed by atoms with Crippen LogP contribution in [0.1, 0.15) is 45.4 Å². The Morgan fingerprint density at radius 1 is 1.33 bits per heavy atom. The number of carboxylic acid groups (broad SMARTS) is 1. The number of ether oxygens (including phenoxy) is 1. The second-order valence-electron chi connectivity index (χ2n) is 5.66. The Labute approximate surface area is 109 Å². The Balaban J connectivity index is 1.80. The summed E-state index contributed by atoms with van der Waals surface area (Å²) in [5.41, 5.74) is 0. The molecule has 4 heteroatoms. The molecule has 1 saturated carbocycles. The third-order valence-electron chi connectivity index (χ3n) is 4.40. The second kappa shape index (κ2) is 6.53. The van der Waals surface area contributed by atoms with Crippen LogP contribution in [-0.4, -0.2) is 47.8 Å². The van der Waals surface area contributed by atoms with Gasteiger partial charge in [0.2, 0.25) is 0 Å². The van der Waals surface area contributed by atoms with Gasteiger partial charge in [-0.05, 0) is 31.6 Å². The zero-order valence-electron chi connectivity index (χ0n) is 11.3. The molecular weight excluding hydrogens is 230 g/mol. The zero-order chi connectivity index (χ0) is 13.0. The molecule has 0 radical (unpaired) electrons. The van der Waals surface area contributed by atoms with E-state index in [0.29, 0.717) is 19.2 Å². The van der Waals surface area contributed by atoms with Gasteiger partial charge >= 0.3 is 5.97 Å². The molecule has 1 aliphatic heterocycles. The van der Waals surface area contributed by atoms with Gasteiger partial charge in [-0.1, -0.05) is 19.8 Å². The molecule has 0 bridgehead atoms. The number of hydrogen-bond acceptors (Lipinski definition) is 3. The molecule has 0 spiro atoms. The maximum Gasteiger partial charge on any atom is 0.334 e. The van der Waals surface area contributed by atoms with Gasteiger partial charge in [0, 0.05) is 19.1 Å². The summed E-state index contributed by atoms with van der Waals surface area (Å²) in [6.45, 7) is 4.28. The number of carbonyl (C=O) groups is 1. The third-order valence-corrected chi connectivity index (χ3v) is 4.40. The molecule has 1 atom stereocenters. The first-order valence-corrected chi connectivity index (χ1v) is 7.29. The van der Waals surface area contributed by atoms with Crippen LogP contribution in [0.5, 0.6) is 0 Å². The fourth-order valence-corrected chi connectivity index (χ4v) is 3.36. The van der Waals surface area contributed by atoms with E-state index in [1.54, 1.807) is 0 Å². The molecule has 1 heterocycles. The van der Waals surface area contributed by atoms with Gasteiger partial charge in [-0.3, -0.25) is 4.90 Å². The first-order valence-electron chi connectivity index (χ1n) is 7.29. The van der Waals surface area contributed by atoms with E-state index in [2.05, 4.69) is 11.8 Å². The molecule has 0 aromatic rings. The lowest BCUT2D eigenvalue weighted by Crippen LogP contribution is -2.51. The molecule has 1 unspecified atom stereocenters. The van der Waals surface area contributed by atoms with E-state index in [1.807, 2.05) is 0 Å². The van der Waals surface area contributed by atoms with Crippen LogP contribution in [0, 0.1) is 5.92 Å². The second-order valence-corrected chi connectivity index (χ2v) is 5.66. The van der Waals surface area contributed by atoms with E-state index < -0.39 is 12.1 Å². The molecule has 2 rings (SSSR count). The average Bonchev–Trinajstić information content (AvgIpc) is 2.40. The summed E-state index contributed by atoms with van der Waals surface area (Å²) in [5.74, 6) is 0.0851. The lowest BCUT2D eigenvalue weighted by molar-refractivity contribution is -0.157. The Kier molecular flexibility index (Phi) is 5.01. The first kappa shape index (κ1) is 13.8. The van der Waals surface area contributed by atoms with Crippen molar-refractivity contribution in [3.05, 3.63) is 0 Å². The molecule has 2 aliphatic rings. The summed E-state index contributed by atoms with van der Waals surface area (Å²) in [6.07, 6.45) is 7.11. The minimum atomic E-state index is -0.820. The molecular formula is C14H25NO3. The average molecular weight is 255 g/mol. The van der Waals surface area contributed by atoms with Crippen LogP contribution in [0.15, 0.2) is 0 Å². The van der Waals surface area contributed by atoms with Crippen LogP contribution in [-0.2, 0) is 9.53 Å². The molecule has 104 valence electrons. The summed E-state index contributed by atoms with van der Waals surface area (Å²) in [6, 6.07) is 0.587. The summed E-state index contributed by atoms with van der Waals surface area (Å²) < 4.78 is 5.28. The van der Waals surface area contributed by atoms with Crippen molar-refractivity contribution in [2.24, 2.45) is 5.92 Å². The molecule has 2 fully saturated rings. The molecule has 1 aliphatic carbocycles. The number of rotatable bonds is 4. The zero-order valence-corrected chi connectivity index (χ0v) is 11.3. The maximum atomic E-state index is 11.0. The van der Waals surface area contributed by atoms with Gasteiger partial charge in [0.25, 0.3) is 0 Å². The SMILES string of the molecule is CCCC1CCC(N2CCOC(C(=O)O)C2)CC1. The van der Waals surface area contributed by atoms with E-state index in [4.69, 9.17) is 9.84 Å². The molecule has 1 N–H and O–H groups in total. The van der Waals surface area contributed by atoms with Gasteiger partial charge in [-0.15, -0.1) is 0 Å². The van der Waals surface area contributed by atoms with Crippen LogP contribution in [0.25, 0.3) is 0 Å². The largest absolute Gasteiger partial charge is 0.479 e. The van der Waals surface area contributed by atoms with Crippen LogP contribution in [0.2, 0.25) is 0 Å². The van der Waals surface area contributed by atoms with Gasteiger partial charge in [-0.25, -0.2) is 4.79 Å². The molecule has 0 amide bonds. The number of hydrogen-bond donors (Lipinski definition) is 1. The quantitative estimate of drug-likeness (QED) is 0.836. The Morgan fingerprint density at radius 2 is 2.06 bits per heavy atom. The normalized spacial score (nSPS) is 34.4. The Bertz CT molecular complexity index is 274. The number of nitrogens with zero attached hydrogens (tertiary/aromatic N) is 1. The number of morpholine rings is 1. The summed E-state index contributed by atoms with van der Waals surface area (Å²) in [5, 5.41) is 9.01. The van der Waals surface area contributed by atoms with Crippen molar-refractivity contribution >= 4 is 5.97 Å². The molecule has 18 heavy (non-hydrogen) atoms. The van der Waals surface area contributed by atoms with Gasteiger partial charge in [0.05, 0.1) is 6.61 Å². The third kappa shape index (κ3) is 3.45. The van der Waals surface area contributed by atoms with Crippen molar-refractivity contribution in [2.75, 3.05) is 19.7 Å². The van der Waals surface area contributed by atoms with Crippen molar-refractivity contribution in [3.63, 3.8) is 0 Å². The van der Waals surface area contributed by atoms with E-state index in [0.717, 1.165) is 12.5 Å². The molecule has 0 aromatic heterocycles. The fourth-order valence-electron chi connectivity index (χ4n) is 3.36. The summed E-state index contributed by atoms with van der Waals surface area (Å²) >= 11 is 0. The van der Waals surface area contributed by atoms with Crippen molar-refractivity contribution in [3.8, 4) is 0 Å². The highest BCUT2D eigenvalue weighted by Gasteiger charge is 2.32. The van der Waals surface area contributed by atoms with E-state index in [1.165, 1.54) is 38.5 Å². The minimum absolute atomic E-state index is 0.561. The monoisotopic (exact) mass is 255 g/mol. The minimum Gasteiger partial charge on any atom is -0.479 e. The van der Waals surface area contributed by atoms with Crippen LogP contribution in [0.3, 0.4) is 0 Å². The molecule has 4 nitrogen and oxygen atoms in total. The van der Waals surface area contributed by atoms with Gasteiger partial charge < -0.3 is 9.84 Å². The highest BCUT2D eigenvalue weighted by atomic mass is 16.5. The smallest absolute Gasteiger partial charge is 0.334 e. The van der Waals surface area contributed by atoms with Crippen molar-refractivity contribution in [2.45, 2.75) is 57.6 Å². The maximum absolute atomic E-state index is 11.0. The first-order chi connectivity index (χ1) is 8.70. The standard InChI is InChI=1S/C14H25NO3/c1-2-3-11-4-6-12(7-5-11)15-8-9-18-13(10-15)14(16)17/h11-13H,2-10H2,1H3,(H,16,17). The predicted octanol–water partition coefficient (Wildman–Crippen LogP) is 2.13. The number of carboxylic acids is 1. The molecule has 1 saturated heterocycles. The van der Waals surface area contributed by atoms with Crippen molar-refractivity contribution < 1.29 is 14.6 Å².